The maximum Gasteiger partial charge on any atom is 0.241 e. The van der Waals surface area contributed by atoms with E-state index in [4.69, 9.17) is 5.26 Å². The van der Waals surface area contributed by atoms with Crippen molar-refractivity contribution in [1.29, 1.82) is 5.26 Å². The normalized spacial score (nSPS) is 16.6. The smallest absolute Gasteiger partial charge is 0.241 e. The first kappa shape index (κ1) is 12.5. The van der Waals surface area contributed by atoms with Crippen LogP contribution in [0.1, 0.15) is 26.2 Å². The Labute approximate surface area is 95.4 Å². The molecule has 5 nitrogen and oxygen atoms in total. The molecular formula is C11H17N3O2. The Morgan fingerprint density at radius 1 is 1.44 bits per heavy atom. The molecule has 88 valence electrons. The van der Waals surface area contributed by atoms with E-state index in [1.165, 1.54) is 0 Å². The van der Waals surface area contributed by atoms with Crippen LogP contribution in [0, 0.1) is 17.2 Å². The molecule has 1 unspecified atom stereocenters. The SMILES string of the molecule is CCC(C#N)C(=O)NCC(=O)N1CCCC1. The van der Waals surface area contributed by atoms with Gasteiger partial charge in [0.05, 0.1) is 12.6 Å². The summed E-state index contributed by atoms with van der Waals surface area (Å²) in [6.07, 6.45) is 2.55. The number of hydrogen-bond acceptors (Lipinski definition) is 3. The number of carbonyl (C=O) groups excluding carboxylic acids is 2. The Morgan fingerprint density at radius 2 is 2.06 bits per heavy atom. The largest absolute Gasteiger partial charge is 0.346 e. The molecule has 0 aliphatic carbocycles. The summed E-state index contributed by atoms with van der Waals surface area (Å²) >= 11 is 0. The van der Waals surface area contributed by atoms with Crippen LogP contribution in [0.5, 0.6) is 0 Å². The number of nitriles is 1. The topological polar surface area (TPSA) is 73.2 Å². The Balaban J connectivity index is 2.31. The zero-order valence-electron chi connectivity index (χ0n) is 9.53. The minimum atomic E-state index is -0.647. The highest BCUT2D eigenvalue weighted by atomic mass is 16.2. The molecule has 1 fully saturated rings. The highest BCUT2D eigenvalue weighted by Gasteiger charge is 2.20. The van der Waals surface area contributed by atoms with E-state index >= 15 is 0 Å². The summed E-state index contributed by atoms with van der Waals surface area (Å²) in [6, 6.07) is 1.91. The first-order valence-corrected chi connectivity index (χ1v) is 5.64. The van der Waals surface area contributed by atoms with Crippen molar-refractivity contribution in [2.24, 2.45) is 5.92 Å². The molecule has 1 rings (SSSR count). The van der Waals surface area contributed by atoms with Crippen molar-refractivity contribution in [3.05, 3.63) is 0 Å². The molecule has 1 aliphatic rings. The highest BCUT2D eigenvalue weighted by Crippen LogP contribution is 2.07. The third kappa shape index (κ3) is 3.23. The predicted molar refractivity (Wildman–Crippen MR) is 58.2 cm³/mol. The van der Waals surface area contributed by atoms with E-state index in [0.717, 1.165) is 25.9 Å². The summed E-state index contributed by atoms with van der Waals surface area (Å²) in [5.74, 6) is -1.05. The van der Waals surface area contributed by atoms with Gasteiger partial charge in [-0.3, -0.25) is 9.59 Å². The summed E-state index contributed by atoms with van der Waals surface area (Å²) < 4.78 is 0. The Kier molecular flexibility index (Phi) is 4.77. The van der Waals surface area contributed by atoms with Crippen molar-refractivity contribution in [3.8, 4) is 6.07 Å². The minimum absolute atomic E-state index is 0.0109. The standard InChI is InChI=1S/C11H17N3O2/c1-2-9(7-12)11(16)13-8-10(15)14-5-3-4-6-14/h9H,2-6,8H2,1H3,(H,13,16). The summed E-state index contributed by atoms with van der Waals surface area (Å²) in [5, 5.41) is 11.2. The van der Waals surface area contributed by atoms with Gasteiger partial charge in [0.1, 0.15) is 5.92 Å². The first-order chi connectivity index (χ1) is 7.69. The lowest BCUT2D eigenvalue weighted by Gasteiger charge is -2.16. The van der Waals surface area contributed by atoms with E-state index < -0.39 is 5.92 Å². The summed E-state index contributed by atoms with van der Waals surface area (Å²) in [7, 11) is 0. The number of carbonyl (C=O) groups is 2. The molecular weight excluding hydrogens is 206 g/mol. The zero-order valence-corrected chi connectivity index (χ0v) is 9.53. The molecule has 1 N–H and O–H groups in total. The van der Waals surface area contributed by atoms with Gasteiger partial charge in [0.15, 0.2) is 0 Å². The number of hydrogen-bond donors (Lipinski definition) is 1. The van der Waals surface area contributed by atoms with E-state index in [-0.39, 0.29) is 18.4 Å². The second kappa shape index (κ2) is 6.11. The number of rotatable bonds is 4. The van der Waals surface area contributed by atoms with Gasteiger partial charge < -0.3 is 10.2 Å². The maximum absolute atomic E-state index is 11.6. The van der Waals surface area contributed by atoms with Gasteiger partial charge in [-0.1, -0.05) is 6.92 Å². The van der Waals surface area contributed by atoms with E-state index in [9.17, 15) is 9.59 Å². The van der Waals surface area contributed by atoms with Crippen LogP contribution in [0.4, 0.5) is 0 Å². The van der Waals surface area contributed by atoms with Gasteiger partial charge in [-0.15, -0.1) is 0 Å². The average Bonchev–Trinajstić information content (AvgIpc) is 2.81. The van der Waals surface area contributed by atoms with Gasteiger partial charge >= 0.3 is 0 Å². The monoisotopic (exact) mass is 223 g/mol. The minimum Gasteiger partial charge on any atom is -0.346 e. The third-order valence-electron chi connectivity index (χ3n) is 2.75. The summed E-state index contributed by atoms with van der Waals surface area (Å²) in [6.45, 7) is 3.35. The van der Waals surface area contributed by atoms with Gasteiger partial charge in [-0.05, 0) is 19.3 Å². The lowest BCUT2D eigenvalue weighted by Crippen LogP contribution is -2.40. The molecule has 1 saturated heterocycles. The Bertz CT molecular complexity index is 303. The Hall–Kier alpha value is -1.57. The number of nitrogens with zero attached hydrogens (tertiary/aromatic N) is 2. The molecule has 0 saturated carbocycles. The zero-order chi connectivity index (χ0) is 12.0. The molecule has 0 bridgehead atoms. The van der Waals surface area contributed by atoms with Crippen molar-refractivity contribution in [2.75, 3.05) is 19.6 Å². The van der Waals surface area contributed by atoms with Crippen molar-refractivity contribution in [3.63, 3.8) is 0 Å². The second-order valence-corrected chi connectivity index (χ2v) is 3.90. The molecule has 2 amide bonds. The summed E-state index contributed by atoms with van der Waals surface area (Å²) in [4.78, 5) is 24.7. The average molecular weight is 223 g/mol. The van der Waals surface area contributed by atoms with Crippen LogP contribution in [0.2, 0.25) is 0 Å². The fraction of sp³-hybridized carbons (Fsp3) is 0.727. The molecule has 0 spiro atoms. The Morgan fingerprint density at radius 3 is 2.56 bits per heavy atom. The number of nitrogens with one attached hydrogen (secondary N) is 1. The van der Waals surface area contributed by atoms with Crippen LogP contribution in [-0.4, -0.2) is 36.3 Å². The van der Waals surface area contributed by atoms with E-state index in [0.29, 0.717) is 6.42 Å². The molecule has 1 atom stereocenters. The van der Waals surface area contributed by atoms with Gasteiger partial charge in [-0.25, -0.2) is 0 Å². The maximum atomic E-state index is 11.6. The van der Waals surface area contributed by atoms with Crippen molar-refractivity contribution in [1.82, 2.24) is 10.2 Å². The van der Waals surface area contributed by atoms with Crippen molar-refractivity contribution < 1.29 is 9.59 Å². The molecule has 0 radical (unpaired) electrons. The molecule has 16 heavy (non-hydrogen) atoms. The molecule has 1 aliphatic heterocycles. The van der Waals surface area contributed by atoms with E-state index in [2.05, 4.69) is 5.32 Å². The first-order valence-electron chi connectivity index (χ1n) is 5.64. The van der Waals surface area contributed by atoms with Crippen LogP contribution in [0.15, 0.2) is 0 Å². The number of amides is 2. The van der Waals surface area contributed by atoms with Crippen LogP contribution in [0.25, 0.3) is 0 Å². The van der Waals surface area contributed by atoms with Crippen molar-refractivity contribution >= 4 is 11.8 Å². The molecule has 0 aromatic carbocycles. The van der Waals surface area contributed by atoms with Gasteiger partial charge in [0, 0.05) is 13.1 Å². The van der Waals surface area contributed by atoms with Gasteiger partial charge in [-0.2, -0.15) is 5.26 Å². The van der Waals surface area contributed by atoms with Crippen LogP contribution < -0.4 is 5.32 Å². The quantitative estimate of drug-likeness (QED) is 0.743. The third-order valence-corrected chi connectivity index (χ3v) is 2.75. The predicted octanol–water partition coefficient (Wildman–Crippen LogP) is 0.275. The lowest BCUT2D eigenvalue weighted by atomic mass is 10.1. The van der Waals surface area contributed by atoms with E-state index in [1.54, 1.807) is 11.8 Å². The fourth-order valence-electron chi connectivity index (χ4n) is 1.70. The fourth-order valence-corrected chi connectivity index (χ4v) is 1.70. The highest BCUT2D eigenvalue weighted by molar-refractivity contribution is 5.87. The van der Waals surface area contributed by atoms with Crippen LogP contribution in [0.3, 0.4) is 0 Å². The van der Waals surface area contributed by atoms with Crippen molar-refractivity contribution in [2.45, 2.75) is 26.2 Å². The second-order valence-electron chi connectivity index (χ2n) is 3.90. The lowest BCUT2D eigenvalue weighted by molar-refractivity contribution is -0.132. The van der Waals surface area contributed by atoms with Crippen LogP contribution in [-0.2, 0) is 9.59 Å². The van der Waals surface area contributed by atoms with Gasteiger partial charge in [0.2, 0.25) is 11.8 Å². The molecule has 5 heteroatoms. The van der Waals surface area contributed by atoms with Crippen LogP contribution >= 0.6 is 0 Å². The van der Waals surface area contributed by atoms with Gasteiger partial charge in [0.25, 0.3) is 0 Å². The van der Waals surface area contributed by atoms with E-state index in [1.807, 2.05) is 6.07 Å². The number of likely N-dealkylation sites (tertiary alicyclic amines) is 1. The molecule has 0 aromatic rings. The molecule has 1 heterocycles. The summed E-state index contributed by atoms with van der Waals surface area (Å²) in [5.41, 5.74) is 0. The molecule has 0 aromatic heterocycles.